The lowest BCUT2D eigenvalue weighted by Crippen LogP contribution is -2.51. The summed E-state index contributed by atoms with van der Waals surface area (Å²) in [5.74, 6) is 0.587. The van der Waals surface area contributed by atoms with Gasteiger partial charge in [-0.15, -0.1) is 35.3 Å². The molecule has 1 saturated heterocycles. The van der Waals surface area contributed by atoms with Crippen LogP contribution in [0.4, 0.5) is 18.9 Å². The summed E-state index contributed by atoms with van der Waals surface area (Å²) in [4.78, 5) is 10.3. The minimum atomic E-state index is -4.42. The molecular formula is C17H25F3IN7S. The number of aryl methyl sites for hydroxylation is 1. The Balaban J connectivity index is 0.00000300. The number of nitrogens with one attached hydrogen (secondary N) is 2. The van der Waals surface area contributed by atoms with Gasteiger partial charge in [0.15, 0.2) is 11.7 Å². The molecule has 2 N–H and O–H groups in total. The number of thiazole rings is 1. The van der Waals surface area contributed by atoms with Gasteiger partial charge in [-0.3, -0.25) is 4.68 Å². The summed E-state index contributed by atoms with van der Waals surface area (Å²) >= 11 is 0.971. The molecule has 2 aromatic heterocycles. The van der Waals surface area contributed by atoms with Gasteiger partial charge in [0, 0.05) is 44.3 Å². The van der Waals surface area contributed by atoms with E-state index in [4.69, 9.17) is 0 Å². The second-order valence-electron chi connectivity index (χ2n) is 6.62. The number of nitrogens with zero attached hydrogens (tertiary/aromatic N) is 5. The van der Waals surface area contributed by atoms with Crippen molar-refractivity contribution in [3.8, 4) is 0 Å². The zero-order valence-electron chi connectivity index (χ0n) is 16.2. The van der Waals surface area contributed by atoms with Crippen molar-refractivity contribution in [2.75, 3.05) is 24.5 Å². The van der Waals surface area contributed by atoms with Crippen LogP contribution in [0.5, 0.6) is 0 Å². The first-order chi connectivity index (χ1) is 13.3. The maximum atomic E-state index is 12.7. The molecule has 0 saturated carbocycles. The van der Waals surface area contributed by atoms with Crippen molar-refractivity contribution < 1.29 is 13.2 Å². The van der Waals surface area contributed by atoms with Gasteiger partial charge >= 0.3 is 6.18 Å². The van der Waals surface area contributed by atoms with Crippen LogP contribution in [0.3, 0.4) is 0 Å². The van der Waals surface area contributed by atoms with E-state index < -0.39 is 11.9 Å². The number of hydrogen-bond donors (Lipinski definition) is 2. The van der Waals surface area contributed by atoms with Crippen molar-refractivity contribution in [3.63, 3.8) is 0 Å². The van der Waals surface area contributed by atoms with E-state index in [0.717, 1.165) is 48.3 Å². The predicted molar refractivity (Wildman–Crippen MR) is 119 cm³/mol. The van der Waals surface area contributed by atoms with Crippen LogP contribution in [0.25, 0.3) is 0 Å². The SMILES string of the molecule is CCNC(=NCc1nc(C(F)(F)F)cs1)NC1CCCN(c2cnn(C)c2)C1.I. The topological polar surface area (TPSA) is 70.4 Å². The fourth-order valence-corrected chi connectivity index (χ4v) is 3.80. The van der Waals surface area contributed by atoms with Crippen LogP contribution in [0.2, 0.25) is 0 Å². The summed E-state index contributed by atoms with van der Waals surface area (Å²) in [6, 6.07) is 0.189. The normalized spacial score (nSPS) is 17.8. The Morgan fingerprint density at radius 1 is 1.41 bits per heavy atom. The molecule has 7 nitrogen and oxygen atoms in total. The number of halogens is 4. The fourth-order valence-electron chi connectivity index (χ4n) is 3.07. The van der Waals surface area contributed by atoms with Crippen LogP contribution < -0.4 is 15.5 Å². The predicted octanol–water partition coefficient (Wildman–Crippen LogP) is 3.24. The number of aromatic nitrogens is 3. The molecule has 162 valence electrons. The molecule has 1 unspecified atom stereocenters. The first kappa shape index (κ1) is 23.7. The summed E-state index contributed by atoms with van der Waals surface area (Å²) in [5, 5.41) is 12.1. The molecule has 3 heterocycles. The van der Waals surface area contributed by atoms with Gasteiger partial charge in [-0.1, -0.05) is 0 Å². The summed E-state index contributed by atoms with van der Waals surface area (Å²) in [6.07, 6.45) is 1.45. The number of hydrogen-bond acceptors (Lipinski definition) is 5. The van der Waals surface area contributed by atoms with Crippen LogP contribution >= 0.6 is 35.3 Å². The number of anilines is 1. The van der Waals surface area contributed by atoms with Crippen LogP contribution in [-0.2, 0) is 19.8 Å². The molecule has 1 fully saturated rings. The Morgan fingerprint density at radius 3 is 2.83 bits per heavy atom. The third-order valence-electron chi connectivity index (χ3n) is 4.38. The largest absolute Gasteiger partial charge is 0.434 e. The smallest absolute Gasteiger partial charge is 0.367 e. The molecule has 0 aromatic carbocycles. The molecule has 0 aliphatic carbocycles. The molecule has 2 aromatic rings. The Morgan fingerprint density at radius 2 is 2.21 bits per heavy atom. The zero-order valence-corrected chi connectivity index (χ0v) is 19.4. The number of guanidine groups is 1. The van der Waals surface area contributed by atoms with Gasteiger partial charge in [0.2, 0.25) is 0 Å². The lowest BCUT2D eigenvalue weighted by atomic mass is 10.1. The summed E-state index contributed by atoms with van der Waals surface area (Å²) < 4.78 is 39.8. The van der Waals surface area contributed by atoms with Gasteiger partial charge in [-0.25, -0.2) is 9.98 Å². The summed E-state index contributed by atoms with van der Waals surface area (Å²) in [7, 11) is 1.89. The number of alkyl halides is 3. The van der Waals surface area contributed by atoms with E-state index in [0.29, 0.717) is 17.5 Å². The van der Waals surface area contributed by atoms with Gasteiger partial charge < -0.3 is 15.5 Å². The first-order valence-electron chi connectivity index (χ1n) is 9.15. The first-order valence-corrected chi connectivity index (χ1v) is 10.0. The molecule has 12 heteroatoms. The molecule has 1 atom stereocenters. The van der Waals surface area contributed by atoms with Crippen LogP contribution in [-0.4, -0.2) is 46.4 Å². The highest BCUT2D eigenvalue weighted by Crippen LogP contribution is 2.30. The van der Waals surface area contributed by atoms with Crippen molar-refractivity contribution in [2.45, 2.75) is 38.5 Å². The highest BCUT2D eigenvalue weighted by Gasteiger charge is 2.33. The molecule has 0 spiro atoms. The monoisotopic (exact) mass is 543 g/mol. The van der Waals surface area contributed by atoms with E-state index >= 15 is 0 Å². The van der Waals surface area contributed by atoms with E-state index in [1.54, 1.807) is 4.68 Å². The minimum absolute atomic E-state index is 0. The van der Waals surface area contributed by atoms with E-state index in [1.807, 2.05) is 26.4 Å². The number of piperidine rings is 1. The fraction of sp³-hybridized carbons (Fsp3) is 0.588. The number of rotatable bonds is 5. The van der Waals surface area contributed by atoms with E-state index in [9.17, 15) is 13.2 Å². The van der Waals surface area contributed by atoms with Crippen LogP contribution in [0.1, 0.15) is 30.5 Å². The molecule has 3 rings (SSSR count). The van der Waals surface area contributed by atoms with Gasteiger partial charge in [-0.2, -0.15) is 18.3 Å². The molecule has 1 aliphatic heterocycles. The van der Waals surface area contributed by atoms with E-state index in [2.05, 4.69) is 30.6 Å². The highest BCUT2D eigenvalue weighted by atomic mass is 127. The van der Waals surface area contributed by atoms with Crippen molar-refractivity contribution in [1.29, 1.82) is 0 Å². The Bertz CT molecular complexity index is 805. The van der Waals surface area contributed by atoms with Crippen LogP contribution in [0.15, 0.2) is 22.8 Å². The highest BCUT2D eigenvalue weighted by molar-refractivity contribution is 14.0. The lowest BCUT2D eigenvalue weighted by molar-refractivity contribution is -0.140. The molecule has 0 radical (unpaired) electrons. The Hall–Kier alpha value is -1.57. The van der Waals surface area contributed by atoms with Gasteiger partial charge in [0.25, 0.3) is 0 Å². The Kier molecular flexibility index (Phi) is 8.55. The van der Waals surface area contributed by atoms with Crippen molar-refractivity contribution in [2.24, 2.45) is 12.0 Å². The number of aliphatic imine (C=N–C) groups is 1. The average molecular weight is 543 g/mol. The second-order valence-corrected chi connectivity index (χ2v) is 7.56. The molecular weight excluding hydrogens is 518 g/mol. The second kappa shape index (κ2) is 10.5. The van der Waals surface area contributed by atoms with E-state index in [-0.39, 0.29) is 36.6 Å². The quantitative estimate of drug-likeness (QED) is 0.345. The third-order valence-corrected chi connectivity index (χ3v) is 5.21. The van der Waals surface area contributed by atoms with Crippen molar-refractivity contribution >= 4 is 47.0 Å². The average Bonchev–Trinajstić information content (AvgIpc) is 3.29. The summed E-state index contributed by atoms with van der Waals surface area (Å²) in [6.45, 7) is 4.50. The zero-order chi connectivity index (χ0) is 20.1. The van der Waals surface area contributed by atoms with E-state index in [1.165, 1.54) is 0 Å². The summed E-state index contributed by atoms with van der Waals surface area (Å²) in [5.41, 5.74) is 0.221. The van der Waals surface area contributed by atoms with Gasteiger partial charge in [0.1, 0.15) is 5.01 Å². The van der Waals surface area contributed by atoms with Gasteiger partial charge in [-0.05, 0) is 19.8 Å². The minimum Gasteiger partial charge on any atom is -0.367 e. The van der Waals surface area contributed by atoms with Crippen LogP contribution in [0, 0.1) is 0 Å². The standard InChI is InChI=1S/C17H24F3N7S.HI/c1-3-21-16(22-8-15-25-14(11-28-15)17(18,19)20)24-12-5-4-6-27(9-12)13-7-23-26(2)10-13;/h7,10-12H,3-6,8-9H2,1-2H3,(H2,21,22,24);1H. The lowest BCUT2D eigenvalue weighted by Gasteiger charge is -2.34. The third kappa shape index (κ3) is 6.73. The molecule has 0 amide bonds. The molecule has 0 bridgehead atoms. The molecule has 29 heavy (non-hydrogen) atoms. The van der Waals surface area contributed by atoms with Gasteiger partial charge in [0.05, 0.1) is 18.4 Å². The van der Waals surface area contributed by atoms with Crippen molar-refractivity contribution in [1.82, 2.24) is 25.4 Å². The molecule has 1 aliphatic rings. The van der Waals surface area contributed by atoms with Crippen molar-refractivity contribution in [3.05, 3.63) is 28.5 Å². The Labute approximate surface area is 188 Å². The maximum absolute atomic E-state index is 12.7. The maximum Gasteiger partial charge on any atom is 0.434 e.